The number of hydrogen-bond donors (Lipinski definition) is 0. The van der Waals surface area contributed by atoms with Crippen molar-refractivity contribution in [3.05, 3.63) is 66.9 Å². The van der Waals surface area contributed by atoms with Gasteiger partial charge in [0, 0.05) is 0 Å². The van der Waals surface area contributed by atoms with Gasteiger partial charge in [0.15, 0.2) is 4.80 Å². The number of nitrogens with zero attached hydrogens (tertiary/aromatic N) is 2. The first-order valence-electron chi connectivity index (χ1n) is 8.16. The second kappa shape index (κ2) is 6.80. The van der Waals surface area contributed by atoms with Crippen LogP contribution in [0.1, 0.15) is 39.3 Å². The second-order valence-electron chi connectivity index (χ2n) is 6.03. The van der Waals surface area contributed by atoms with Crippen LogP contribution in [0.4, 0.5) is 0 Å². The molecule has 1 aromatic carbocycles. The predicted molar refractivity (Wildman–Crippen MR) is 98.0 cm³/mol. The van der Waals surface area contributed by atoms with Crippen molar-refractivity contribution in [3.63, 3.8) is 0 Å². The third-order valence-corrected chi connectivity index (χ3v) is 5.32. The summed E-state index contributed by atoms with van der Waals surface area (Å²) in [4.78, 5) is 30.7. The average Bonchev–Trinajstić information content (AvgIpc) is 2.91. The molecule has 2 aromatic rings. The first-order chi connectivity index (χ1) is 12.0. The van der Waals surface area contributed by atoms with Gasteiger partial charge in [-0.2, -0.15) is 0 Å². The van der Waals surface area contributed by atoms with Gasteiger partial charge in [-0.25, -0.2) is 9.79 Å². The molecule has 0 amide bonds. The van der Waals surface area contributed by atoms with Crippen LogP contribution in [0, 0.1) is 0 Å². The number of benzene rings is 1. The summed E-state index contributed by atoms with van der Waals surface area (Å²) in [5, 5.41) is 0. The number of fused-ring (bicyclic) bond motifs is 1. The van der Waals surface area contributed by atoms with Crippen LogP contribution in [0.15, 0.2) is 51.4 Å². The maximum Gasteiger partial charge on any atom is 0.338 e. The maximum atomic E-state index is 13.0. The van der Waals surface area contributed by atoms with E-state index < -0.39 is 12.0 Å². The zero-order valence-electron chi connectivity index (χ0n) is 14.7. The van der Waals surface area contributed by atoms with Crippen molar-refractivity contribution in [2.24, 2.45) is 4.99 Å². The van der Waals surface area contributed by atoms with E-state index in [1.165, 1.54) is 11.3 Å². The van der Waals surface area contributed by atoms with Gasteiger partial charge in [0.1, 0.15) is 0 Å². The van der Waals surface area contributed by atoms with Gasteiger partial charge in [0.25, 0.3) is 5.56 Å². The molecule has 1 aliphatic heterocycles. The molecule has 2 heterocycles. The summed E-state index contributed by atoms with van der Waals surface area (Å²) < 4.78 is 7.52. The molecular weight excluding hydrogens is 336 g/mol. The number of allylic oxidation sites excluding steroid dienone is 1. The number of aromatic nitrogens is 1. The quantitative estimate of drug-likeness (QED) is 0.792. The van der Waals surface area contributed by atoms with E-state index in [2.05, 4.69) is 4.99 Å². The molecular formula is C19H20N2O3S. The van der Waals surface area contributed by atoms with Gasteiger partial charge in [-0.15, -0.1) is 0 Å². The molecule has 0 radical (unpaired) electrons. The molecule has 1 aromatic heterocycles. The molecule has 0 unspecified atom stereocenters. The monoisotopic (exact) mass is 356 g/mol. The van der Waals surface area contributed by atoms with E-state index in [1.807, 2.05) is 44.2 Å². The van der Waals surface area contributed by atoms with Crippen molar-refractivity contribution >= 4 is 22.9 Å². The molecule has 0 spiro atoms. The van der Waals surface area contributed by atoms with Crippen LogP contribution in [0.2, 0.25) is 0 Å². The summed E-state index contributed by atoms with van der Waals surface area (Å²) in [6.07, 6.45) is 0. The highest BCUT2D eigenvalue weighted by molar-refractivity contribution is 7.07. The standard InChI is InChI=1S/C19H20N2O3S/c1-5-24-18(23)14-12(4)20-19-21(17(22)16(25-19)11(2)3)15(14)13-9-7-6-8-10-13/h6-10,15H,5H2,1-4H3/t15-/m0/s1. The van der Waals surface area contributed by atoms with Crippen molar-refractivity contribution in [1.29, 1.82) is 0 Å². The second-order valence-corrected chi connectivity index (χ2v) is 7.01. The van der Waals surface area contributed by atoms with Gasteiger partial charge in [0.05, 0.1) is 28.5 Å². The van der Waals surface area contributed by atoms with Crippen molar-refractivity contribution in [2.75, 3.05) is 6.61 Å². The highest BCUT2D eigenvalue weighted by Gasteiger charge is 2.33. The third-order valence-electron chi connectivity index (χ3n) is 4.06. The molecule has 0 saturated carbocycles. The van der Waals surface area contributed by atoms with Crippen molar-refractivity contribution in [2.45, 2.75) is 33.7 Å². The van der Waals surface area contributed by atoms with E-state index in [0.29, 0.717) is 20.6 Å². The van der Waals surface area contributed by atoms with Crippen LogP contribution in [0.25, 0.3) is 5.57 Å². The summed E-state index contributed by atoms with van der Waals surface area (Å²) >= 11 is 1.36. The molecule has 0 bridgehead atoms. The lowest BCUT2D eigenvalue weighted by Gasteiger charge is -2.24. The number of thiazole rings is 1. The number of rotatable bonds is 3. The molecule has 0 N–H and O–H groups in total. The lowest BCUT2D eigenvalue weighted by molar-refractivity contribution is -0.139. The van der Waals surface area contributed by atoms with E-state index in [1.54, 1.807) is 18.4 Å². The zero-order valence-corrected chi connectivity index (χ0v) is 15.5. The molecule has 5 nitrogen and oxygen atoms in total. The minimum atomic E-state index is -0.524. The topological polar surface area (TPSA) is 60.7 Å². The highest BCUT2D eigenvalue weighted by atomic mass is 32.1. The van der Waals surface area contributed by atoms with E-state index in [9.17, 15) is 9.59 Å². The Morgan fingerprint density at radius 1 is 1.28 bits per heavy atom. The summed E-state index contributed by atoms with van der Waals surface area (Å²) in [5.74, 6) is -0.430. The third kappa shape index (κ3) is 2.98. The first-order valence-corrected chi connectivity index (χ1v) is 8.97. The van der Waals surface area contributed by atoms with Crippen LogP contribution in [0.3, 0.4) is 0 Å². The van der Waals surface area contributed by atoms with Crippen molar-refractivity contribution in [3.8, 4) is 0 Å². The normalized spacial score (nSPS) is 16.2. The Kier molecular flexibility index (Phi) is 4.72. The average molecular weight is 356 g/mol. The van der Waals surface area contributed by atoms with Crippen LogP contribution in [-0.4, -0.2) is 17.1 Å². The molecule has 0 aliphatic carbocycles. The van der Waals surface area contributed by atoms with Crippen molar-refractivity contribution < 1.29 is 9.53 Å². The number of carbonyl (C=O) groups excluding carboxylic acids is 1. The predicted octanol–water partition coefficient (Wildman–Crippen LogP) is 2.16. The fourth-order valence-corrected chi connectivity index (χ4v) is 3.99. The van der Waals surface area contributed by atoms with Crippen LogP contribution < -0.4 is 14.9 Å². The Balaban J connectivity index is 2.36. The van der Waals surface area contributed by atoms with Gasteiger partial charge in [-0.3, -0.25) is 9.36 Å². The summed E-state index contributed by atoms with van der Waals surface area (Å²) in [6, 6.07) is 9.01. The minimum Gasteiger partial charge on any atom is -0.463 e. The summed E-state index contributed by atoms with van der Waals surface area (Å²) in [5.41, 5.74) is 2.69. The SMILES string of the molecule is CCOC(=O)C1=C(C)N=c2sc(=C(C)C)c(=O)n2[C@H]1c1ccccc1. The van der Waals surface area contributed by atoms with Crippen LogP contribution in [-0.2, 0) is 9.53 Å². The van der Waals surface area contributed by atoms with Crippen LogP contribution >= 0.6 is 11.3 Å². The van der Waals surface area contributed by atoms with Crippen LogP contribution in [0.5, 0.6) is 0 Å². The number of carbonyl (C=O) groups is 1. The van der Waals surface area contributed by atoms with Gasteiger partial charge >= 0.3 is 5.97 Å². The van der Waals surface area contributed by atoms with Gasteiger partial charge in [-0.1, -0.05) is 47.2 Å². The van der Waals surface area contributed by atoms with Crippen molar-refractivity contribution in [1.82, 2.24) is 4.57 Å². The minimum absolute atomic E-state index is 0.119. The number of hydrogen-bond acceptors (Lipinski definition) is 5. The summed E-state index contributed by atoms with van der Waals surface area (Å²) in [6.45, 7) is 7.64. The van der Waals surface area contributed by atoms with E-state index in [0.717, 1.165) is 11.1 Å². The Bertz CT molecular complexity index is 1020. The van der Waals surface area contributed by atoms with E-state index in [-0.39, 0.29) is 12.2 Å². The molecule has 1 atom stereocenters. The largest absolute Gasteiger partial charge is 0.463 e. The Morgan fingerprint density at radius 2 is 1.96 bits per heavy atom. The molecule has 130 valence electrons. The molecule has 3 rings (SSSR count). The highest BCUT2D eigenvalue weighted by Crippen LogP contribution is 2.30. The lowest BCUT2D eigenvalue weighted by Crippen LogP contribution is -2.40. The summed E-state index contributed by atoms with van der Waals surface area (Å²) in [7, 11) is 0. The number of esters is 1. The smallest absolute Gasteiger partial charge is 0.338 e. The molecule has 0 saturated heterocycles. The molecule has 6 heteroatoms. The van der Waals surface area contributed by atoms with Gasteiger partial charge in [-0.05, 0) is 33.3 Å². The lowest BCUT2D eigenvalue weighted by atomic mass is 9.96. The zero-order chi connectivity index (χ0) is 18.1. The first kappa shape index (κ1) is 17.4. The Hall–Kier alpha value is -2.47. The Labute approximate surface area is 149 Å². The number of ether oxygens (including phenoxy) is 1. The Morgan fingerprint density at radius 3 is 2.56 bits per heavy atom. The molecule has 0 fully saturated rings. The van der Waals surface area contributed by atoms with E-state index in [4.69, 9.17) is 4.74 Å². The van der Waals surface area contributed by atoms with Gasteiger partial charge in [0.2, 0.25) is 0 Å². The molecule has 25 heavy (non-hydrogen) atoms. The maximum absolute atomic E-state index is 13.0. The molecule has 1 aliphatic rings. The fraction of sp³-hybridized carbons (Fsp3) is 0.316. The fourth-order valence-electron chi connectivity index (χ4n) is 2.95. The van der Waals surface area contributed by atoms with E-state index >= 15 is 0 Å². The van der Waals surface area contributed by atoms with Gasteiger partial charge < -0.3 is 4.74 Å².